The van der Waals surface area contributed by atoms with Gasteiger partial charge in [0.2, 0.25) is 0 Å². The number of pyridine rings is 1. The first-order chi connectivity index (χ1) is 12.3. The van der Waals surface area contributed by atoms with E-state index in [4.69, 9.17) is 0 Å². The van der Waals surface area contributed by atoms with E-state index in [0.717, 1.165) is 39.1 Å². The number of hydrogen-bond donors (Lipinski definition) is 2. The van der Waals surface area contributed by atoms with Crippen LogP contribution in [-0.2, 0) is 7.05 Å². The van der Waals surface area contributed by atoms with Crippen LogP contribution in [0.15, 0.2) is 42.7 Å². The molecule has 0 fully saturated rings. The molecule has 0 saturated heterocycles. The fourth-order valence-electron chi connectivity index (χ4n) is 2.75. The topological polar surface area (TPSA) is 81.6 Å². The van der Waals surface area contributed by atoms with Crippen LogP contribution in [0.1, 0.15) is 20.8 Å². The van der Waals surface area contributed by atoms with Gasteiger partial charge in [0.15, 0.2) is 5.82 Å². The Balaban J connectivity index is 0.000000390. The average Bonchev–Trinajstić information content (AvgIpc) is 3.17. The summed E-state index contributed by atoms with van der Waals surface area (Å²) in [6.07, 6.45) is 1.82. The van der Waals surface area contributed by atoms with Crippen LogP contribution in [0.25, 0.3) is 33.3 Å². The molecule has 3 aromatic heterocycles. The summed E-state index contributed by atoms with van der Waals surface area (Å²) in [6, 6.07) is 12.4. The molecule has 0 saturated carbocycles. The Hall–Kier alpha value is -1.22. The molecule has 0 aliphatic heterocycles. The number of rotatable bonds is 2. The Morgan fingerprint density at radius 1 is 1.15 bits per heavy atom. The Bertz CT molecular complexity index is 1030. The van der Waals surface area contributed by atoms with Crippen molar-refractivity contribution < 1.29 is 56.5 Å². The average molecular weight is 390 g/mol. The molecule has 4 aromatic rings. The van der Waals surface area contributed by atoms with Crippen molar-refractivity contribution in [3.05, 3.63) is 42.7 Å². The Morgan fingerprint density at radius 2 is 1.78 bits per heavy atom. The summed E-state index contributed by atoms with van der Waals surface area (Å²) in [6.45, 7) is 4.90. The fraction of sp³-hybridized carbons (Fsp3) is 0.300. The predicted molar refractivity (Wildman–Crippen MR) is 105 cm³/mol. The van der Waals surface area contributed by atoms with Crippen LogP contribution < -0.4 is 61.8 Å². The number of benzene rings is 1. The number of nitrogens with one attached hydrogen (secondary N) is 2. The standard InChI is InChI=1S/C16H15N5.C4H9O.K/c1-17-16-13-14(21(2)9-18-13)11-8-12(19-15(11)20-16)10-6-4-3-5-7-10;1-4(2,3)5;/h3-9H,1-2H3,(H2,17,19,20);1-3H3;/q;-1;+1. The van der Waals surface area contributed by atoms with Gasteiger partial charge in [-0.1, -0.05) is 51.1 Å². The molecule has 4 rings (SSSR count). The van der Waals surface area contributed by atoms with E-state index in [1.54, 1.807) is 20.8 Å². The number of hydrogen-bond acceptors (Lipinski definition) is 4. The van der Waals surface area contributed by atoms with Gasteiger partial charge in [0.25, 0.3) is 0 Å². The van der Waals surface area contributed by atoms with Crippen molar-refractivity contribution in [3.8, 4) is 11.3 Å². The van der Waals surface area contributed by atoms with E-state index in [1.807, 2.05) is 43.2 Å². The molecule has 7 heteroatoms. The summed E-state index contributed by atoms with van der Waals surface area (Å²) in [5.74, 6) is 0.791. The van der Waals surface area contributed by atoms with Gasteiger partial charge >= 0.3 is 51.4 Å². The number of aromatic nitrogens is 4. The summed E-state index contributed by atoms with van der Waals surface area (Å²) in [5.41, 5.74) is 4.31. The summed E-state index contributed by atoms with van der Waals surface area (Å²) in [4.78, 5) is 12.5. The minimum atomic E-state index is -0.750. The first-order valence-corrected chi connectivity index (χ1v) is 8.55. The third-order valence-electron chi connectivity index (χ3n) is 3.76. The zero-order chi connectivity index (χ0) is 18.9. The molecule has 2 N–H and O–H groups in total. The Kier molecular flexibility index (Phi) is 7.24. The Morgan fingerprint density at radius 3 is 2.37 bits per heavy atom. The number of aryl methyl sites for hydroxylation is 1. The molecule has 136 valence electrons. The van der Waals surface area contributed by atoms with Crippen molar-refractivity contribution in [1.82, 2.24) is 19.5 Å². The molecule has 1 aromatic carbocycles. The summed E-state index contributed by atoms with van der Waals surface area (Å²) in [5, 5.41) is 14.3. The number of imidazole rings is 1. The van der Waals surface area contributed by atoms with E-state index < -0.39 is 5.60 Å². The number of H-pyrrole nitrogens is 1. The zero-order valence-electron chi connectivity index (χ0n) is 16.8. The van der Waals surface area contributed by atoms with Crippen LogP contribution in [0.3, 0.4) is 0 Å². The van der Waals surface area contributed by atoms with E-state index in [9.17, 15) is 5.11 Å². The zero-order valence-corrected chi connectivity index (χ0v) is 19.9. The number of anilines is 1. The first-order valence-electron chi connectivity index (χ1n) is 8.55. The molecule has 0 spiro atoms. The maximum absolute atomic E-state index is 10.1. The molecule has 0 bridgehead atoms. The van der Waals surface area contributed by atoms with Gasteiger partial charge in [-0.15, -0.1) is 5.60 Å². The molecule has 6 nitrogen and oxygen atoms in total. The maximum atomic E-state index is 10.1. The molecule has 0 radical (unpaired) electrons. The van der Waals surface area contributed by atoms with Gasteiger partial charge in [0, 0.05) is 25.2 Å². The summed E-state index contributed by atoms with van der Waals surface area (Å²) in [7, 11) is 3.87. The molecule has 27 heavy (non-hydrogen) atoms. The number of nitrogens with zero attached hydrogens (tertiary/aromatic N) is 3. The van der Waals surface area contributed by atoms with E-state index in [0.29, 0.717) is 0 Å². The van der Waals surface area contributed by atoms with Crippen molar-refractivity contribution in [1.29, 1.82) is 0 Å². The molecular weight excluding hydrogens is 365 g/mol. The van der Waals surface area contributed by atoms with E-state index in [-0.39, 0.29) is 51.4 Å². The molecule has 0 atom stereocenters. The van der Waals surface area contributed by atoms with Crippen LogP contribution in [0.4, 0.5) is 5.82 Å². The minimum absolute atomic E-state index is 0. The van der Waals surface area contributed by atoms with Crippen LogP contribution in [-0.4, -0.2) is 32.2 Å². The van der Waals surface area contributed by atoms with Gasteiger partial charge in [0.05, 0.1) is 11.8 Å². The fourth-order valence-corrected chi connectivity index (χ4v) is 2.75. The van der Waals surface area contributed by atoms with Gasteiger partial charge < -0.3 is 20.0 Å². The molecule has 0 amide bonds. The monoisotopic (exact) mass is 389 g/mol. The van der Waals surface area contributed by atoms with Crippen LogP contribution in [0.5, 0.6) is 0 Å². The second-order valence-electron chi connectivity index (χ2n) is 7.19. The largest absolute Gasteiger partial charge is 1.00 e. The third-order valence-corrected chi connectivity index (χ3v) is 3.76. The van der Waals surface area contributed by atoms with E-state index in [1.165, 1.54) is 0 Å². The third kappa shape index (κ3) is 5.19. The molecule has 3 heterocycles. The number of fused-ring (bicyclic) bond motifs is 3. The van der Waals surface area contributed by atoms with Gasteiger partial charge in [-0.25, -0.2) is 9.97 Å². The molecule has 0 aliphatic rings. The first kappa shape index (κ1) is 22.1. The summed E-state index contributed by atoms with van der Waals surface area (Å²) < 4.78 is 2.03. The van der Waals surface area contributed by atoms with Gasteiger partial charge in [-0.3, -0.25) is 0 Å². The maximum Gasteiger partial charge on any atom is 1.00 e. The smallest absolute Gasteiger partial charge is 0.850 e. The Labute approximate surface area is 201 Å². The normalized spacial score (nSPS) is 11.0. The predicted octanol–water partition coefficient (Wildman–Crippen LogP) is 0.308. The molecule has 0 unspecified atom stereocenters. The van der Waals surface area contributed by atoms with Crippen molar-refractivity contribution in [2.45, 2.75) is 26.4 Å². The van der Waals surface area contributed by atoms with Crippen LogP contribution in [0, 0.1) is 0 Å². The quantitative estimate of drug-likeness (QED) is 0.484. The van der Waals surface area contributed by atoms with Crippen LogP contribution >= 0.6 is 0 Å². The minimum Gasteiger partial charge on any atom is -0.850 e. The van der Waals surface area contributed by atoms with Gasteiger partial charge in [-0.05, 0) is 11.6 Å². The van der Waals surface area contributed by atoms with E-state index in [2.05, 4.69) is 38.5 Å². The van der Waals surface area contributed by atoms with Crippen molar-refractivity contribution in [2.75, 3.05) is 12.4 Å². The van der Waals surface area contributed by atoms with Gasteiger partial charge in [0.1, 0.15) is 11.2 Å². The molecular formula is C20H24KN5O. The van der Waals surface area contributed by atoms with Crippen LogP contribution in [0.2, 0.25) is 0 Å². The van der Waals surface area contributed by atoms with E-state index >= 15 is 0 Å². The van der Waals surface area contributed by atoms with Crippen molar-refractivity contribution in [3.63, 3.8) is 0 Å². The summed E-state index contributed by atoms with van der Waals surface area (Å²) >= 11 is 0. The van der Waals surface area contributed by atoms with Gasteiger partial charge in [-0.2, -0.15) is 0 Å². The van der Waals surface area contributed by atoms with Crippen molar-refractivity contribution >= 4 is 27.9 Å². The second kappa shape index (κ2) is 8.85. The second-order valence-corrected chi connectivity index (χ2v) is 7.19. The SMILES string of the molecule is CC(C)(C)[O-].CNc1nc2[nH]c(-c3ccccc3)cc2c2c1ncn2C.[K+]. The molecule has 0 aliphatic carbocycles. The number of aromatic amines is 1. The van der Waals surface area contributed by atoms with Crippen molar-refractivity contribution in [2.24, 2.45) is 7.05 Å².